The van der Waals surface area contributed by atoms with Gasteiger partial charge in [0.25, 0.3) is 0 Å². The zero-order chi connectivity index (χ0) is 18.5. The SMILES string of the molecule is Cc1ccc(NC(=O)C[C@H]2C(=O)OCCN2Cc2ccccc2)cc1C. The van der Waals surface area contributed by atoms with Crippen LogP contribution >= 0.6 is 0 Å². The Hall–Kier alpha value is -2.66. The number of esters is 1. The lowest BCUT2D eigenvalue weighted by molar-refractivity contribution is -0.159. The fraction of sp³-hybridized carbons (Fsp3) is 0.333. The van der Waals surface area contributed by atoms with Crippen LogP contribution in [0, 0.1) is 13.8 Å². The first-order valence-corrected chi connectivity index (χ1v) is 8.84. The highest BCUT2D eigenvalue weighted by Gasteiger charge is 2.33. The number of rotatable bonds is 5. The number of amides is 1. The van der Waals surface area contributed by atoms with Gasteiger partial charge >= 0.3 is 5.97 Å². The predicted octanol–water partition coefficient (Wildman–Crippen LogP) is 3.06. The maximum Gasteiger partial charge on any atom is 0.323 e. The van der Waals surface area contributed by atoms with Crippen molar-refractivity contribution in [1.82, 2.24) is 4.90 Å². The lowest BCUT2D eigenvalue weighted by Crippen LogP contribution is -2.49. The third-order valence-electron chi connectivity index (χ3n) is 4.73. The molecule has 1 atom stereocenters. The number of nitrogens with one attached hydrogen (secondary N) is 1. The number of anilines is 1. The lowest BCUT2D eigenvalue weighted by Gasteiger charge is -2.33. The topological polar surface area (TPSA) is 58.6 Å². The van der Waals surface area contributed by atoms with E-state index in [-0.39, 0.29) is 18.3 Å². The summed E-state index contributed by atoms with van der Waals surface area (Å²) >= 11 is 0. The Balaban J connectivity index is 1.66. The number of carbonyl (C=O) groups is 2. The maximum absolute atomic E-state index is 12.5. The van der Waals surface area contributed by atoms with Crippen molar-refractivity contribution in [1.29, 1.82) is 0 Å². The number of morpholine rings is 1. The van der Waals surface area contributed by atoms with E-state index in [4.69, 9.17) is 4.74 Å². The number of carbonyl (C=O) groups excluding carboxylic acids is 2. The molecule has 2 aromatic carbocycles. The van der Waals surface area contributed by atoms with Gasteiger partial charge in [0.2, 0.25) is 5.91 Å². The first-order valence-electron chi connectivity index (χ1n) is 8.84. The van der Waals surface area contributed by atoms with E-state index in [1.807, 2.05) is 67.3 Å². The first-order chi connectivity index (χ1) is 12.5. The third kappa shape index (κ3) is 4.49. The predicted molar refractivity (Wildman–Crippen MR) is 101 cm³/mol. The van der Waals surface area contributed by atoms with E-state index in [0.29, 0.717) is 19.7 Å². The standard InChI is InChI=1S/C21H24N2O3/c1-15-8-9-18(12-16(15)2)22-20(24)13-19-21(25)26-11-10-23(19)14-17-6-4-3-5-7-17/h3-9,12,19H,10-11,13-14H2,1-2H3,(H,22,24)/t19-/m0/s1. The van der Waals surface area contributed by atoms with E-state index < -0.39 is 6.04 Å². The summed E-state index contributed by atoms with van der Waals surface area (Å²) < 4.78 is 5.18. The number of hydrogen-bond acceptors (Lipinski definition) is 4. The van der Waals surface area contributed by atoms with E-state index in [1.54, 1.807) is 0 Å². The van der Waals surface area contributed by atoms with Gasteiger partial charge in [-0.1, -0.05) is 36.4 Å². The van der Waals surface area contributed by atoms with Gasteiger partial charge in [0.1, 0.15) is 12.6 Å². The van der Waals surface area contributed by atoms with Crippen molar-refractivity contribution in [3.8, 4) is 0 Å². The summed E-state index contributed by atoms with van der Waals surface area (Å²) in [4.78, 5) is 26.7. The zero-order valence-corrected chi connectivity index (χ0v) is 15.2. The molecule has 0 aliphatic carbocycles. The third-order valence-corrected chi connectivity index (χ3v) is 4.73. The molecule has 1 aliphatic heterocycles. The summed E-state index contributed by atoms with van der Waals surface area (Å²) in [5.41, 5.74) is 4.15. The average molecular weight is 352 g/mol. The van der Waals surface area contributed by atoms with Gasteiger partial charge in [-0.15, -0.1) is 0 Å². The Morgan fingerprint density at radius 1 is 1.15 bits per heavy atom. The van der Waals surface area contributed by atoms with Crippen molar-refractivity contribution in [2.75, 3.05) is 18.5 Å². The van der Waals surface area contributed by atoms with Gasteiger partial charge in [-0.2, -0.15) is 0 Å². The van der Waals surface area contributed by atoms with Gasteiger partial charge in [-0.05, 0) is 42.7 Å². The van der Waals surface area contributed by atoms with E-state index in [0.717, 1.165) is 16.8 Å². The van der Waals surface area contributed by atoms with Crippen LogP contribution in [0.5, 0.6) is 0 Å². The van der Waals surface area contributed by atoms with Gasteiger partial charge in [0, 0.05) is 18.8 Å². The van der Waals surface area contributed by atoms with Gasteiger partial charge in [-0.3, -0.25) is 14.5 Å². The van der Waals surface area contributed by atoms with Gasteiger partial charge in [0.05, 0.1) is 6.42 Å². The molecule has 1 N–H and O–H groups in total. The lowest BCUT2D eigenvalue weighted by atomic mass is 10.1. The largest absolute Gasteiger partial charge is 0.463 e. The molecule has 5 nitrogen and oxygen atoms in total. The van der Waals surface area contributed by atoms with Gasteiger partial charge in [0.15, 0.2) is 0 Å². The van der Waals surface area contributed by atoms with Crippen LogP contribution in [0.25, 0.3) is 0 Å². The molecule has 0 saturated carbocycles. The molecule has 0 unspecified atom stereocenters. The quantitative estimate of drug-likeness (QED) is 0.840. The Morgan fingerprint density at radius 3 is 2.65 bits per heavy atom. The van der Waals surface area contributed by atoms with Crippen LogP contribution in [0.3, 0.4) is 0 Å². The molecule has 2 aromatic rings. The van der Waals surface area contributed by atoms with Crippen LogP contribution in [0.2, 0.25) is 0 Å². The Labute approximate surface area is 154 Å². The van der Waals surface area contributed by atoms with Gasteiger partial charge < -0.3 is 10.1 Å². The molecule has 5 heteroatoms. The molecule has 136 valence electrons. The molecule has 3 rings (SSSR count). The highest BCUT2D eigenvalue weighted by Crippen LogP contribution is 2.18. The van der Waals surface area contributed by atoms with Crippen LogP contribution in [0.4, 0.5) is 5.69 Å². The second-order valence-electron chi connectivity index (χ2n) is 6.69. The summed E-state index contributed by atoms with van der Waals surface area (Å²) in [6, 6.07) is 15.2. The molecular formula is C21H24N2O3. The zero-order valence-electron chi connectivity index (χ0n) is 15.2. The fourth-order valence-corrected chi connectivity index (χ4v) is 3.09. The number of ether oxygens (including phenoxy) is 1. The summed E-state index contributed by atoms with van der Waals surface area (Å²) in [5.74, 6) is -0.516. The highest BCUT2D eigenvalue weighted by atomic mass is 16.5. The van der Waals surface area contributed by atoms with E-state index in [9.17, 15) is 9.59 Å². The van der Waals surface area contributed by atoms with Gasteiger partial charge in [-0.25, -0.2) is 0 Å². The second kappa shape index (κ2) is 8.15. The Bertz CT molecular complexity index is 789. The van der Waals surface area contributed by atoms with Crippen molar-refractivity contribution < 1.29 is 14.3 Å². The number of aryl methyl sites for hydroxylation is 2. The van der Waals surface area contributed by atoms with Crippen LogP contribution in [0.15, 0.2) is 48.5 Å². The molecule has 0 bridgehead atoms. The monoisotopic (exact) mass is 352 g/mol. The van der Waals surface area contributed by atoms with Crippen molar-refractivity contribution >= 4 is 17.6 Å². The molecule has 1 amide bonds. The smallest absolute Gasteiger partial charge is 0.323 e. The number of nitrogens with zero attached hydrogens (tertiary/aromatic N) is 1. The average Bonchev–Trinajstić information content (AvgIpc) is 2.62. The van der Waals surface area contributed by atoms with Crippen LogP contribution < -0.4 is 5.32 Å². The molecule has 1 saturated heterocycles. The van der Waals surface area contributed by atoms with Crippen LogP contribution in [-0.4, -0.2) is 36.0 Å². The second-order valence-corrected chi connectivity index (χ2v) is 6.69. The summed E-state index contributed by atoms with van der Waals surface area (Å²) in [6.45, 7) is 5.65. The summed E-state index contributed by atoms with van der Waals surface area (Å²) in [6.07, 6.45) is 0.0819. The molecule has 0 aromatic heterocycles. The molecular weight excluding hydrogens is 328 g/mol. The van der Waals surface area contributed by atoms with E-state index >= 15 is 0 Å². The number of hydrogen-bond donors (Lipinski definition) is 1. The Kier molecular flexibility index (Phi) is 5.68. The number of cyclic esters (lactones) is 1. The van der Waals surface area contributed by atoms with E-state index in [2.05, 4.69) is 5.32 Å². The molecule has 1 aliphatic rings. The molecule has 0 radical (unpaired) electrons. The van der Waals surface area contributed by atoms with Crippen molar-refractivity contribution in [3.05, 3.63) is 65.2 Å². The van der Waals surface area contributed by atoms with Crippen LogP contribution in [0.1, 0.15) is 23.1 Å². The Morgan fingerprint density at radius 2 is 1.92 bits per heavy atom. The normalized spacial score (nSPS) is 17.6. The van der Waals surface area contributed by atoms with Crippen molar-refractivity contribution in [2.45, 2.75) is 32.9 Å². The minimum Gasteiger partial charge on any atom is -0.463 e. The molecule has 26 heavy (non-hydrogen) atoms. The summed E-state index contributed by atoms with van der Waals surface area (Å²) in [7, 11) is 0. The van der Waals surface area contributed by atoms with E-state index in [1.165, 1.54) is 5.56 Å². The minimum absolute atomic E-state index is 0.0819. The van der Waals surface area contributed by atoms with Crippen molar-refractivity contribution in [2.24, 2.45) is 0 Å². The molecule has 1 fully saturated rings. The van der Waals surface area contributed by atoms with Crippen LogP contribution in [-0.2, 0) is 20.9 Å². The number of benzene rings is 2. The molecule has 1 heterocycles. The molecule has 0 spiro atoms. The highest BCUT2D eigenvalue weighted by molar-refractivity contribution is 5.94. The fourth-order valence-electron chi connectivity index (χ4n) is 3.09. The summed E-state index contributed by atoms with van der Waals surface area (Å²) in [5, 5.41) is 2.89. The first kappa shape index (κ1) is 18.1. The maximum atomic E-state index is 12.5. The van der Waals surface area contributed by atoms with Crippen molar-refractivity contribution in [3.63, 3.8) is 0 Å². The minimum atomic E-state index is -0.560.